The Morgan fingerprint density at radius 1 is 0.952 bits per heavy atom. The van der Waals surface area contributed by atoms with Crippen molar-refractivity contribution in [2.24, 2.45) is 5.92 Å². The van der Waals surface area contributed by atoms with Gasteiger partial charge in [-0.25, -0.2) is 8.42 Å². The van der Waals surface area contributed by atoms with Gasteiger partial charge in [0.25, 0.3) is 10.0 Å². The van der Waals surface area contributed by atoms with E-state index in [0.29, 0.717) is 24.5 Å². The van der Waals surface area contributed by atoms with E-state index in [-0.39, 0.29) is 34.0 Å². The molecule has 2 amide bonds. The van der Waals surface area contributed by atoms with Crippen molar-refractivity contribution < 1.29 is 27.5 Å². The van der Waals surface area contributed by atoms with E-state index in [2.05, 4.69) is 5.32 Å². The first kappa shape index (κ1) is 32.8. The molecule has 226 valence electrons. The van der Waals surface area contributed by atoms with Crippen molar-refractivity contribution in [1.29, 1.82) is 0 Å². The number of carbonyl (C=O) groups excluding carboxylic acids is 2. The molecule has 42 heavy (non-hydrogen) atoms. The molecule has 3 aromatic rings. The molecule has 0 fully saturated rings. The van der Waals surface area contributed by atoms with Gasteiger partial charge in [0, 0.05) is 13.1 Å². The lowest BCUT2D eigenvalue weighted by Gasteiger charge is -2.33. The SMILES string of the molecule is CCC(C(=O)NCC(C)C)N(Cc1ccc(OC)cc1)C(=O)CN(c1ccc(OC)c(Cl)c1)S(=O)(=O)c1ccccc1. The largest absolute Gasteiger partial charge is 0.497 e. The first-order valence-corrected chi connectivity index (χ1v) is 15.4. The minimum Gasteiger partial charge on any atom is -0.497 e. The molecule has 1 atom stereocenters. The standard InChI is InChI=1S/C31H38ClN3O6S/c1-6-28(31(37)33-19-22(2)3)34(20-23-12-15-25(40-4)16-13-23)30(36)21-35(24-14-17-29(41-5)27(32)18-24)42(38,39)26-10-8-7-9-11-26/h7-18,22,28H,6,19-21H2,1-5H3,(H,33,37). The number of nitrogens with zero attached hydrogens (tertiary/aromatic N) is 2. The van der Waals surface area contributed by atoms with E-state index in [9.17, 15) is 18.0 Å². The third-order valence-electron chi connectivity index (χ3n) is 6.62. The van der Waals surface area contributed by atoms with Crippen LogP contribution in [0.3, 0.4) is 0 Å². The average molecular weight is 616 g/mol. The second kappa shape index (κ2) is 14.9. The number of methoxy groups -OCH3 is 2. The smallest absolute Gasteiger partial charge is 0.264 e. The molecule has 0 aromatic heterocycles. The van der Waals surface area contributed by atoms with E-state index in [1.807, 2.05) is 20.8 Å². The van der Waals surface area contributed by atoms with Crippen LogP contribution in [0.1, 0.15) is 32.8 Å². The van der Waals surface area contributed by atoms with Gasteiger partial charge in [0.15, 0.2) is 0 Å². The molecular weight excluding hydrogens is 578 g/mol. The number of benzene rings is 3. The van der Waals surface area contributed by atoms with Crippen LogP contribution in [0.4, 0.5) is 5.69 Å². The Labute approximate surface area is 253 Å². The number of ether oxygens (including phenoxy) is 2. The molecule has 3 rings (SSSR count). The Balaban J connectivity index is 2.06. The Hall–Kier alpha value is -3.76. The molecule has 0 bridgehead atoms. The minimum atomic E-state index is -4.21. The molecule has 3 aromatic carbocycles. The summed E-state index contributed by atoms with van der Waals surface area (Å²) in [4.78, 5) is 28.9. The maximum atomic E-state index is 14.1. The van der Waals surface area contributed by atoms with Gasteiger partial charge < -0.3 is 19.7 Å². The van der Waals surface area contributed by atoms with Crippen LogP contribution < -0.4 is 19.1 Å². The number of anilines is 1. The number of hydrogen-bond donors (Lipinski definition) is 1. The van der Waals surface area contributed by atoms with E-state index in [0.717, 1.165) is 9.87 Å². The van der Waals surface area contributed by atoms with Crippen LogP contribution in [0.2, 0.25) is 5.02 Å². The molecule has 11 heteroatoms. The van der Waals surface area contributed by atoms with E-state index in [4.69, 9.17) is 21.1 Å². The van der Waals surface area contributed by atoms with Gasteiger partial charge in [-0.15, -0.1) is 0 Å². The lowest BCUT2D eigenvalue weighted by molar-refractivity contribution is -0.140. The molecule has 0 aliphatic carbocycles. The summed E-state index contributed by atoms with van der Waals surface area (Å²) in [6.45, 7) is 5.74. The van der Waals surface area contributed by atoms with Gasteiger partial charge in [-0.2, -0.15) is 0 Å². The fourth-order valence-electron chi connectivity index (χ4n) is 4.33. The maximum absolute atomic E-state index is 14.1. The molecule has 0 saturated heterocycles. The van der Waals surface area contributed by atoms with Crippen molar-refractivity contribution in [3.8, 4) is 11.5 Å². The van der Waals surface area contributed by atoms with Crippen LogP contribution in [-0.2, 0) is 26.2 Å². The highest BCUT2D eigenvalue weighted by Gasteiger charge is 2.34. The van der Waals surface area contributed by atoms with Crippen LogP contribution in [-0.4, -0.2) is 58.5 Å². The lowest BCUT2D eigenvalue weighted by atomic mass is 10.1. The highest BCUT2D eigenvalue weighted by Crippen LogP contribution is 2.32. The maximum Gasteiger partial charge on any atom is 0.264 e. The van der Waals surface area contributed by atoms with E-state index < -0.39 is 28.5 Å². The number of carbonyl (C=O) groups is 2. The molecule has 1 N–H and O–H groups in total. The fraction of sp³-hybridized carbons (Fsp3) is 0.355. The summed E-state index contributed by atoms with van der Waals surface area (Å²) >= 11 is 6.37. The summed E-state index contributed by atoms with van der Waals surface area (Å²) in [6.07, 6.45) is 0.325. The number of halogens is 1. The Morgan fingerprint density at radius 2 is 1.62 bits per heavy atom. The van der Waals surface area contributed by atoms with Gasteiger partial charge in [-0.05, 0) is 60.4 Å². The third kappa shape index (κ3) is 8.17. The predicted molar refractivity (Wildman–Crippen MR) is 164 cm³/mol. The summed E-state index contributed by atoms with van der Waals surface area (Å²) in [5, 5.41) is 3.10. The minimum absolute atomic E-state index is 0.00756. The number of amides is 2. The number of nitrogens with one attached hydrogen (secondary N) is 1. The van der Waals surface area contributed by atoms with Gasteiger partial charge in [-0.1, -0.05) is 62.7 Å². The summed E-state index contributed by atoms with van der Waals surface area (Å²) in [5.41, 5.74) is 0.934. The van der Waals surface area contributed by atoms with Crippen molar-refractivity contribution in [1.82, 2.24) is 10.2 Å². The first-order valence-electron chi connectivity index (χ1n) is 13.6. The molecule has 0 heterocycles. The van der Waals surface area contributed by atoms with Crippen molar-refractivity contribution in [3.63, 3.8) is 0 Å². The van der Waals surface area contributed by atoms with Gasteiger partial charge in [0.05, 0.1) is 29.8 Å². The summed E-state index contributed by atoms with van der Waals surface area (Å²) < 4.78 is 39.3. The zero-order valence-corrected chi connectivity index (χ0v) is 26.1. The Morgan fingerprint density at radius 3 is 2.17 bits per heavy atom. The number of hydrogen-bond acceptors (Lipinski definition) is 6. The Bertz CT molecular complexity index is 1450. The van der Waals surface area contributed by atoms with Crippen LogP contribution in [0.25, 0.3) is 0 Å². The summed E-state index contributed by atoms with van der Waals surface area (Å²) in [5.74, 6) is 0.359. The second-order valence-corrected chi connectivity index (χ2v) is 12.3. The zero-order valence-electron chi connectivity index (χ0n) is 24.5. The highest BCUT2D eigenvalue weighted by molar-refractivity contribution is 7.92. The second-order valence-electron chi connectivity index (χ2n) is 10.1. The molecule has 0 radical (unpaired) electrons. The monoisotopic (exact) mass is 615 g/mol. The summed E-state index contributed by atoms with van der Waals surface area (Å²) in [7, 11) is -1.19. The predicted octanol–water partition coefficient (Wildman–Crippen LogP) is 5.13. The van der Waals surface area contributed by atoms with Gasteiger partial charge in [-0.3, -0.25) is 13.9 Å². The van der Waals surface area contributed by atoms with E-state index >= 15 is 0 Å². The zero-order chi connectivity index (χ0) is 30.9. The van der Waals surface area contributed by atoms with Gasteiger partial charge in [0.2, 0.25) is 11.8 Å². The fourth-order valence-corrected chi connectivity index (χ4v) is 6.01. The number of sulfonamides is 1. The molecule has 0 aliphatic heterocycles. The average Bonchev–Trinajstić information content (AvgIpc) is 2.99. The number of rotatable bonds is 14. The molecule has 0 aliphatic rings. The van der Waals surface area contributed by atoms with Crippen LogP contribution >= 0.6 is 11.6 Å². The van der Waals surface area contributed by atoms with Crippen LogP contribution in [0.5, 0.6) is 11.5 Å². The van der Waals surface area contributed by atoms with Crippen LogP contribution in [0.15, 0.2) is 77.7 Å². The van der Waals surface area contributed by atoms with Crippen molar-refractivity contribution in [2.45, 2.75) is 44.7 Å². The quantitative estimate of drug-likeness (QED) is 0.270. The molecule has 9 nitrogen and oxygen atoms in total. The van der Waals surface area contributed by atoms with Crippen molar-refractivity contribution in [2.75, 3.05) is 31.6 Å². The molecule has 0 spiro atoms. The highest BCUT2D eigenvalue weighted by atomic mass is 35.5. The van der Waals surface area contributed by atoms with E-state index in [1.165, 1.54) is 36.3 Å². The molecular formula is C31H38ClN3O6S. The summed E-state index contributed by atoms with van der Waals surface area (Å²) in [6, 6.07) is 18.7. The van der Waals surface area contributed by atoms with E-state index in [1.54, 1.807) is 55.6 Å². The first-order chi connectivity index (χ1) is 20.0. The topological polar surface area (TPSA) is 105 Å². The third-order valence-corrected chi connectivity index (χ3v) is 8.70. The van der Waals surface area contributed by atoms with Gasteiger partial charge in [0.1, 0.15) is 24.1 Å². The van der Waals surface area contributed by atoms with Crippen molar-refractivity contribution >= 4 is 39.1 Å². The van der Waals surface area contributed by atoms with Crippen LogP contribution in [0, 0.1) is 5.92 Å². The Kier molecular flexibility index (Phi) is 11.6. The lowest BCUT2D eigenvalue weighted by Crippen LogP contribution is -2.52. The molecule has 1 unspecified atom stereocenters. The van der Waals surface area contributed by atoms with Gasteiger partial charge >= 0.3 is 0 Å². The molecule has 0 saturated carbocycles. The normalized spacial score (nSPS) is 12.0. The van der Waals surface area contributed by atoms with Crippen molar-refractivity contribution in [3.05, 3.63) is 83.4 Å².